The van der Waals surface area contributed by atoms with Crippen LogP contribution in [0.5, 0.6) is 0 Å². The lowest BCUT2D eigenvalue weighted by Gasteiger charge is -2.22. The highest BCUT2D eigenvalue weighted by molar-refractivity contribution is 5.91. The molecule has 136 valence electrons. The van der Waals surface area contributed by atoms with Crippen LogP contribution in [0.4, 0.5) is 10.2 Å². The topological polar surface area (TPSA) is 108 Å². The SMILES string of the molecule is CC(C)CC(Nc1nc(=O)oc2cc(F)ccc12)C(=O)NC1(C#N)CC1. The van der Waals surface area contributed by atoms with E-state index >= 15 is 0 Å². The molecular weight excluding hydrogens is 339 g/mol. The first-order chi connectivity index (χ1) is 12.3. The Labute approximate surface area is 149 Å². The average molecular weight is 358 g/mol. The Kier molecular flexibility index (Phi) is 4.64. The van der Waals surface area contributed by atoms with Gasteiger partial charge in [0.15, 0.2) is 0 Å². The zero-order chi connectivity index (χ0) is 18.9. The number of carbonyl (C=O) groups excluding carboxylic acids is 1. The lowest BCUT2D eigenvalue weighted by molar-refractivity contribution is -0.122. The maximum absolute atomic E-state index is 13.4. The Bertz CT molecular complexity index is 944. The van der Waals surface area contributed by atoms with Crippen molar-refractivity contribution in [2.75, 3.05) is 5.32 Å². The molecule has 0 radical (unpaired) electrons. The molecule has 1 aliphatic carbocycles. The van der Waals surface area contributed by atoms with Crippen molar-refractivity contribution in [2.24, 2.45) is 5.92 Å². The summed E-state index contributed by atoms with van der Waals surface area (Å²) in [6.45, 7) is 3.92. The number of hydrogen-bond donors (Lipinski definition) is 2. The number of benzene rings is 1. The number of anilines is 1. The molecule has 1 heterocycles. The van der Waals surface area contributed by atoms with Crippen LogP contribution in [0.25, 0.3) is 11.0 Å². The highest BCUT2D eigenvalue weighted by atomic mass is 19.1. The van der Waals surface area contributed by atoms with Crippen LogP contribution in [0.15, 0.2) is 27.4 Å². The van der Waals surface area contributed by atoms with Crippen LogP contribution in [0.2, 0.25) is 0 Å². The lowest BCUT2D eigenvalue weighted by atomic mass is 10.0. The van der Waals surface area contributed by atoms with Crippen LogP contribution in [0.1, 0.15) is 33.1 Å². The summed E-state index contributed by atoms with van der Waals surface area (Å²) in [6.07, 6.45) is 1.72. The number of carbonyl (C=O) groups is 1. The van der Waals surface area contributed by atoms with Crippen LogP contribution in [0, 0.1) is 23.1 Å². The number of fused-ring (bicyclic) bond motifs is 1. The third-order valence-corrected chi connectivity index (χ3v) is 4.26. The number of hydrogen-bond acceptors (Lipinski definition) is 6. The summed E-state index contributed by atoms with van der Waals surface area (Å²) in [5.74, 6) is -1.43. The van der Waals surface area contributed by atoms with E-state index in [9.17, 15) is 19.2 Å². The van der Waals surface area contributed by atoms with Crippen molar-refractivity contribution in [2.45, 2.75) is 44.7 Å². The van der Waals surface area contributed by atoms with Gasteiger partial charge < -0.3 is 15.1 Å². The van der Waals surface area contributed by atoms with Gasteiger partial charge in [-0.2, -0.15) is 10.2 Å². The van der Waals surface area contributed by atoms with Crippen molar-refractivity contribution in [1.82, 2.24) is 10.3 Å². The first kappa shape index (κ1) is 17.9. The molecule has 1 aromatic heterocycles. The van der Waals surface area contributed by atoms with E-state index in [1.54, 1.807) is 0 Å². The number of amides is 1. The van der Waals surface area contributed by atoms with Crippen molar-refractivity contribution in [3.8, 4) is 6.07 Å². The summed E-state index contributed by atoms with van der Waals surface area (Å²) < 4.78 is 18.3. The quantitative estimate of drug-likeness (QED) is 0.820. The predicted octanol–water partition coefficient (Wildman–Crippen LogP) is 2.33. The number of nitrogens with zero attached hydrogens (tertiary/aromatic N) is 2. The number of aromatic nitrogens is 1. The molecule has 1 amide bonds. The first-order valence-electron chi connectivity index (χ1n) is 8.42. The zero-order valence-electron chi connectivity index (χ0n) is 14.5. The summed E-state index contributed by atoms with van der Waals surface area (Å²) >= 11 is 0. The van der Waals surface area contributed by atoms with Gasteiger partial charge in [0.05, 0.1) is 11.5 Å². The number of nitriles is 1. The maximum Gasteiger partial charge on any atom is 0.441 e. The number of rotatable bonds is 6. The fourth-order valence-electron chi connectivity index (χ4n) is 2.74. The Morgan fingerprint density at radius 2 is 2.19 bits per heavy atom. The summed E-state index contributed by atoms with van der Waals surface area (Å²) in [7, 11) is 0. The molecule has 0 spiro atoms. The van der Waals surface area contributed by atoms with Crippen LogP contribution in [0.3, 0.4) is 0 Å². The summed E-state index contributed by atoms with van der Waals surface area (Å²) in [6, 6.07) is 5.18. The molecule has 1 unspecified atom stereocenters. The summed E-state index contributed by atoms with van der Waals surface area (Å²) in [5.41, 5.74) is -0.741. The molecule has 0 aliphatic heterocycles. The molecule has 1 aliphatic rings. The standard InChI is InChI=1S/C18H19FN4O3/c1-10(2)7-13(16(24)23-18(9-20)5-6-18)21-15-12-4-3-11(19)8-14(12)26-17(25)22-15/h3-4,8,10,13H,5-7H2,1-2H3,(H,23,24)(H,21,22,25). The molecule has 3 rings (SSSR count). The zero-order valence-corrected chi connectivity index (χ0v) is 14.5. The first-order valence-corrected chi connectivity index (χ1v) is 8.42. The van der Waals surface area contributed by atoms with E-state index in [-0.39, 0.29) is 23.2 Å². The maximum atomic E-state index is 13.4. The minimum Gasteiger partial charge on any atom is -0.408 e. The molecule has 8 heteroatoms. The predicted molar refractivity (Wildman–Crippen MR) is 92.8 cm³/mol. The Hall–Kier alpha value is -2.95. The van der Waals surface area contributed by atoms with Crippen molar-refractivity contribution < 1.29 is 13.6 Å². The van der Waals surface area contributed by atoms with E-state index in [0.717, 1.165) is 6.07 Å². The normalized spacial score (nSPS) is 16.1. The van der Waals surface area contributed by atoms with E-state index in [1.165, 1.54) is 12.1 Å². The highest BCUT2D eigenvalue weighted by Crippen LogP contribution is 2.34. The molecular formula is C18H19FN4O3. The van der Waals surface area contributed by atoms with Gasteiger partial charge in [0.25, 0.3) is 0 Å². The molecule has 1 atom stereocenters. The van der Waals surface area contributed by atoms with Crippen molar-refractivity contribution in [3.05, 3.63) is 34.6 Å². The van der Waals surface area contributed by atoms with Gasteiger partial charge in [0.1, 0.15) is 28.8 Å². The minimum atomic E-state index is -0.884. The Morgan fingerprint density at radius 1 is 1.46 bits per heavy atom. The van der Waals surface area contributed by atoms with Crippen molar-refractivity contribution in [3.63, 3.8) is 0 Å². The van der Waals surface area contributed by atoms with Gasteiger partial charge in [-0.05, 0) is 37.3 Å². The second-order valence-electron chi connectivity index (χ2n) is 6.98. The van der Waals surface area contributed by atoms with Gasteiger partial charge in [0, 0.05) is 6.07 Å². The molecule has 26 heavy (non-hydrogen) atoms. The molecule has 0 bridgehead atoms. The van der Waals surface area contributed by atoms with Crippen LogP contribution < -0.4 is 16.4 Å². The van der Waals surface area contributed by atoms with Crippen molar-refractivity contribution >= 4 is 22.7 Å². The smallest absolute Gasteiger partial charge is 0.408 e. The van der Waals surface area contributed by atoms with Crippen LogP contribution in [-0.4, -0.2) is 22.5 Å². The lowest BCUT2D eigenvalue weighted by Crippen LogP contribution is -2.46. The largest absolute Gasteiger partial charge is 0.441 e. The molecule has 7 nitrogen and oxygen atoms in total. The molecule has 2 N–H and O–H groups in total. The van der Waals surface area contributed by atoms with Crippen LogP contribution in [-0.2, 0) is 4.79 Å². The van der Waals surface area contributed by atoms with E-state index in [2.05, 4.69) is 21.7 Å². The van der Waals surface area contributed by atoms with Gasteiger partial charge >= 0.3 is 5.76 Å². The third-order valence-electron chi connectivity index (χ3n) is 4.26. The second-order valence-corrected chi connectivity index (χ2v) is 6.98. The van der Waals surface area contributed by atoms with Crippen LogP contribution >= 0.6 is 0 Å². The Balaban J connectivity index is 1.92. The molecule has 1 fully saturated rings. The van der Waals surface area contributed by atoms with E-state index < -0.39 is 23.2 Å². The highest BCUT2D eigenvalue weighted by Gasteiger charge is 2.45. The second kappa shape index (κ2) is 6.75. The number of nitrogens with one attached hydrogen (secondary N) is 2. The summed E-state index contributed by atoms with van der Waals surface area (Å²) in [4.78, 5) is 28.1. The average Bonchev–Trinajstić information content (AvgIpc) is 3.33. The molecule has 2 aromatic rings. The Morgan fingerprint density at radius 3 is 2.81 bits per heavy atom. The van der Waals surface area contributed by atoms with E-state index in [1.807, 2.05) is 13.8 Å². The fraction of sp³-hybridized carbons (Fsp3) is 0.444. The monoisotopic (exact) mass is 358 g/mol. The van der Waals surface area contributed by atoms with Gasteiger partial charge in [-0.25, -0.2) is 9.18 Å². The van der Waals surface area contributed by atoms with Crippen molar-refractivity contribution in [1.29, 1.82) is 5.26 Å². The number of halogens is 1. The van der Waals surface area contributed by atoms with Gasteiger partial charge in [-0.1, -0.05) is 13.8 Å². The van der Waals surface area contributed by atoms with Gasteiger partial charge in [-0.3, -0.25) is 4.79 Å². The molecule has 1 saturated carbocycles. The summed E-state index contributed by atoms with van der Waals surface area (Å²) in [5, 5.41) is 15.3. The molecule has 1 aromatic carbocycles. The third kappa shape index (κ3) is 3.82. The van der Waals surface area contributed by atoms with Gasteiger partial charge in [-0.15, -0.1) is 0 Å². The van der Waals surface area contributed by atoms with E-state index in [4.69, 9.17) is 4.42 Å². The van der Waals surface area contributed by atoms with E-state index in [0.29, 0.717) is 24.6 Å². The minimum absolute atomic E-state index is 0.0480. The van der Waals surface area contributed by atoms with Gasteiger partial charge in [0.2, 0.25) is 5.91 Å². The fourth-order valence-corrected chi connectivity index (χ4v) is 2.74. The molecule has 0 saturated heterocycles.